The number of carbonyl (C=O) groups is 1. The van der Waals surface area contributed by atoms with Crippen LogP contribution in [0.2, 0.25) is 0 Å². The van der Waals surface area contributed by atoms with Crippen LogP contribution in [0.4, 0.5) is 4.39 Å². The largest absolute Gasteiger partial charge is 0.444 e. The van der Waals surface area contributed by atoms with Crippen LogP contribution in [0, 0.1) is 12.7 Å². The highest BCUT2D eigenvalue weighted by Crippen LogP contribution is 2.14. The van der Waals surface area contributed by atoms with E-state index in [1.165, 1.54) is 6.07 Å². The van der Waals surface area contributed by atoms with Crippen LogP contribution in [0.25, 0.3) is 0 Å². The summed E-state index contributed by atoms with van der Waals surface area (Å²) in [6, 6.07) is 8.07. The first-order chi connectivity index (χ1) is 8.56. The minimum Gasteiger partial charge on any atom is -0.444 e. The lowest BCUT2D eigenvalue weighted by atomic mass is 10.1. The summed E-state index contributed by atoms with van der Waals surface area (Å²) in [5, 5.41) is 2.66. The van der Waals surface area contributed by atoms with Crippen LogP contribution in [0.15, 0.2) is 39.4 Å². The summed E-state index contributed by atoms with van der Waals surface area (Å²) < 4.78 is 18.9. The second-order valence-corrected chi connectivity index (χ2v) is 4.65. The molecule has 1 amide bonds. The Labute approximate surface area is 112 Å². The lowest BCUT2D eigenvalue weighted by Crippen LogP contribution is -2.22. The molecule has 94 valence electrons. The molecule has 0 aliphatic carbocycles. The highest BCUT2D eigenvalue weighted by Gasteiger charge is 2.10. The molecule has 1 aromatic heterocycles. The molecule has 0 saturated heterocycles. The van der Waals surface area contributed by atoms with Crippen LogP contribution >= 0.6 is 15.9 Å². The van der Waals surface area contributed by atoms with Gasteiger partial charge in [-0.3, -0.25) is 4.79 Å². The van der Waals surface area contributed by atoms with Crippen LogP contribution < -0.4 is 5.32 Å². The van der Waals surface area contributed by atoms with Crippen molar-refractivity contribution in [3.05, 3.63) is 57.7 Å². The standard InChI is InChI=1S/C13H11BrFNO2/c1-8-2-3-9(6-10(8)15)7-16-13(17)11-4-5-12(14)18-11/h2-6H,7H2,1H3,(H,16,17). The van der Waals surface area contributed by atoms with E-state index in [4.69, 9.17) is 4.42 Å². The molecule has 5 heteroatoms. The third kappa shape index (κ3) is 2.98. The summed E-state index contributed by atoms with van der Waals surface area (Å²) in [6.07, 6.45) is 0. The van der Waals surface area contributed by atoms with Crippen molar-refractivity contribution in [3.8, 4) is 0 Å². The number of benzene rings is 1. The number of carbonyl (C=O) groups excluding carboxylic acids is 1. The van der Waals surface area contributed by atoms with Gasteiger partial charge in [-0.1, -0.05) is 12.1 Å². The first kappa shape index (κ1) is 12.8. The highest BCUT2D eigenvalue weighted by molar-refractivity contribution is 9.10. The maximum Gasteiger partial charge on any atom is 0.287 e. The van der Waals surface area contributed by atoms with Gasteiger partial charge in [0.25, 0.3) is 5.91 Å². The Bertz CT molecular complexity index is 580. The SMILES string of the molecule is Cc1ccc(CNC(=O)c2ccc(Br)o2)cc1F. The predicted molar refractivity (Wildman–Crippen MR) is 68.7 cm³/mol. The third-order valence-corrected chi connectivity index (χ3v) is 2.91. The number of hydrogen-bond acceptors (Lipinski definition) is 2. The molecule has 2 rings (SSSR count). The van der Waals surface area contributed by atoms with Crippen LogP contribution in [-0.2, 0) is 6.54 Å². The van der Waals surface area contributed by atoms with Gasteiger partial charge in [0.1, 0.15) is 5.82 Å². The average Bonchev–Trinajstić information content (AvgIpc) is 2.77. The molecule has 0 atom stereocenters. The van der Waals surface area contributed by atoms with E-state index in [9.17, 15) is 9.18 Å². The van der Waals surface area contributed by atoms with Crippen molar-refractivity contribution in [2.75, 3.05) is 0 Å². The number of rotatable bonds is 3. The maximum absolute atomic E-state index is 13.3. The van der Waals surface area contributed by atoms with E-state index >= 15 is 0 Å². The number of amides is 1. The fourth-order valence-corrected chi connectivity index (χ4v) is 1.76. The van der Waals surface area contributed by atoms with Gasteiger partial charge < -0.3 is 9.73 Å². The van der Waals surface area contributed by atoms with Gasteiger partial charge in [0.15, 0.2) is 10.4 Å². The summed E-state index contributed by atoms with van der Waals surface area (Å²) in [4.78, 5) is 11.7. The van der Waals surface area contributed by atoms with E-state index in [1.54, 1.807) is 31.2 Å². The number of nitrogens with one attached hydrogen (secondary N) is 1. The second-order valence-electron chi connectivity index (χ2n) is 3.87. The zero-order chi connectivity index (χ0) is 13.1. The van der Waals surface area contributed by atoms with Crippen molar-refractivity contribution in [2.45, 2.75) is 13.5 Å². The third-order valence-electron chi connectivity index (χ3n) is 2.49. The molecule has 0 saturated carbocycles. The van der Waals surface area contributed by atoms with E-state index in [-0.39, 0.29) is 24.0 Å². The molecule has 0 aliphatic heterocycles. The van der Waals surface area contributed by atoms with Crippen LogP contribution in [-0.4, -0.2) is 5.91 Å². The van der Waals surface area contributed by atoms with Gasteiger partial charge in [-0.15, -0.1) is 0 Å². The van der Waals surface area contributed by atoms with Crippen LogP contribution in [0.1, 0.15) is 21.7 Å². The minimum absolute atomic E-state index is 0.217. The first-order valence-corrected chi connectivity index (χ1v) is 6.14. The predicted octanol–water partition coefficient (Wildman–Crippen LogP) is 3.42. The van der Waals surface area contributed by atoms with Crippen LogP contribution in [0.3, 0.4) is 0 Å². The Balaban J connectivity index is 1.99. The van der Waals surface area contributed by atoms with Gasteiger partial charge in [-0.25, -0.2) is 4.39 Å². The van der Waals surface area contributed by atoms with Crippen molar-refractivity contribution >= 4 is 21.8 Å². The molecular weight excluding hydrogens is 301 g/mol. The van der Waals surface area contributed by atoms with Gasteiger partial charge in [0.05, 0.1) is 0 Å². The monoisotopic (exact) mass is 311 g/mol. The number of hydrogen-bond donors (Lipinski definition) is 1. The van der Waals surface area contributed by atoms with Gasteiger partial charge in [0, 0.05) is 6.54 Å². The molecule has 1 N–H and O–H groups in total. The zero-order valence-electron chi connectivity index (χ0n) is 9.67. The fourth-order valence-electron chi connectivity index (χ4n) is 1.45. The minimum atomic E-state index is -0.332. The number of aryl methyl sites for hydroxylation is 1. The van der Waals surface area contributed by atoms with Crippen molar-refractivity contribution in [2.24, 2.45) is 0 Å². The molecule has 18 heavy (non-hydrogen) atoms. The van der Waals surface area contributed by atoms with Gasteiger partial charge >= 0.3 is 0 Å². The average molecular weight is 312 g/mol. The second kappa shape index (κ2) is 5.35. The lowest BCUT2D eigenvalue weighted by molar-refractivity contribution is 0.0922. The molecule has 1 heterocycles. The number of furan rings is 1. The Morgan fingerprint density at radius 3 is 2.78 bits per heavy atom. The lowest BCUT2D eigenvalue weighted by Gasteiger charge is -2.04. The van der Waals surface area contributed by atoms with E-state index in [1.807, 2.05) is 0 Å². The normalized spacial score (nSPS) is 10.4. The van der Waals surface area contributed by atoms with Gasteiger partial charge in [-0.2, -0.15) is 0 Å². The molecule has 1 aromatic carbocycles. The molecule has 0 unspecified atom stereocenters. The summed E-state index contributed by atoms with van der Waals surface area (Å²) in [5.74, 6) is -0.390. The van der Waals surface area contributed by atoms with Gasteiger partial charge in [-0.05, 0) is 52.2 Å². The van der Waals surface area contributed by atoms with Crippen molar-refractivity contribution in [1.82, 2.24) is 5.32 Å². The van der Waals surface area contributed by atoms with E-state index in [2.05, 4.69) is 21.2 Å². The molecule has 0 radical (unpaired) electrons. The van der Waals surface area contributed by atoms with E-state index in [0.717, 1.165) is 0 Å². The highest BCUT2D eigenvalue weighted by atomic mass is 79.9. The molecule has 0 bridgehead atoms. The van der Waals surface area contributed by atoms with Crippen LogP contribution in [0.5, 0.6) is 0 Å². The molecule has 3 nitrogen and oxygen atoms in total. The topological polar surface area (TPSA) is 42.2 Å². The Hall–Kier alpha value is -1.62. The van der Waals surface area contributed by atoms with E-state index in [0.29, 0.717) is 15.8 Å². The smallest absolute Gasteiger partial charge is 0.287 e. The molecule has 0 aliphatic rings. The zero-order valence-corrected chi connectivity index (χ0v) is 11.3. The van der Waals surface area contributed by atoms with Crippen molar-refractivity contribution in [3.63, 3.8) is 0 Å². The summed E-state index contributed by atoms with van der Waals surface area (Å²) >= 11 is 3.12. The Morgan fingerprint density at radius 1 is 1.39 bits per heavy atom. The van der Waals surface area contributed by atoms with Crippen molar-refractivity contribution in [1.29, 1.82) is 0 Å². The van der Waals surface area contributed by atoms with Crippen molar-refractivity contribution < 1.29 is 13.6 Å². The quantitative estimate of drug-likeness (QED) is 0.943. The maximum atomic E-state index is 13.3. The summed E-state index contributed by atoms with van der Waals surface area (Å²) in [7, 11) is 0. The first-order valence-electron chi connectivity index (χ1n) is 5.35. The summed E-state index contributed by atoms with van der Waals surface area (Å²) in [6.45, 7) is 1.95. The Morgan fingerprint density at radius 2 is 2.17 bits per heavy atom. The fraction of sp³-hybridized carbons (Fsp3) is 0.154. The molecule has 0 fully saturated rings. The summed E-state index contributed by atoms with van der Waals surface area (Å²) in [5.41, 5.74) is 1.29. The molecular formula is C13H11BrFNO2. The number of halogens is 2. The Kier molecular flexibility index (Phi) is 3.81. The molecule has 0 spiro atoms. The van der Waals surface area contributed by atoms with Gasteiger partial charge in [0.2, 0.25) is 0 Å². The molecule has 2 aromatic rings. The van der Waals surface area contributed by atoms with E-state index < -0.39 is 0 Å².